The maximum Gasteiger partial charge on any atom is 0.121 e. The molecule has 0 aliphatic heterocycles. The second-order valence-electron chi connectivity index (χ2n) is 5.11. The smallest absolute Gasteiger partial charge is 0.121 e. The van der Waals surface area contributed by atoms with Crippen LogP contribution in [0, 0.1) is 0 Å². The molecule has 0 bridgehead atoms. The van der Waals surface area contributed by atoms with Crippen molar-refractivity contribution in [3.8, 4) is 5.75 Å². The van der Waals surface area contributed by atoms with Gasteiger partial charge in [0.15, 0.2) is 0 Å². The summed E-state index contributed by atoms with van der Waals surface area (Å²) in [5, 5.41) is 7.68. The molecule has 2 unspecified atom stereocenters. The first kappa shape index (κ1) is 14.4. The zero-order chi connectivity index (χ0) is 14.5. The number of benzene rings is 1. The minimum absolute atomic E-state index is 0.196. The van der Waals surface area contributed by atoms with E-state index in [1.165, 1.54) is 0 Å². The molecule has 20 heavy (non-hydrogen) atoms. The third-order valence-electron chi connectivity index (χ3n) is 3.43. The largest absolute Gasteiger partial charge is 0.491 e. The maximum atomic E-state index is 5.84. The van der Waals surface area contributed by atoms with Crippen LogP contribution in [0.25, 0.3) is 0 Å². The zero-order valence-corrected chi connectivity index (χ0v) is 12.6. The van der Waals surface area contributed by atoms with Crippen LogP contribution in [0.15, 0.2) is 36.5 Å². The van der Waals surface area contributed by atoms with Crippen molar-refractivity contribution in [3.05, 3.63) is 42.2 Å². The van der Waals surface area contributed by atoms with Crippen molar-refractivity contribution in [1.82, 2.24) is 9.78 Å². The van der Waals surface area contributed by atoms with E-state index >= 15 is 0 Å². The van der Waals surface area contributed by atoms with Gasteiger partial charge in [-0.2, -0.15) is 5.10 Å². The van der Waals surface area contributed by atoms with Crippen molar-refractivity contribution in [2.45, 2.75) is 39.3 Å². The highest BCUT2D eigenvalue weighted by Crippen LogP contribution is 2.23. The Hall–Kier alpha value is -1.97. The number of anilines is 1. The topological polar surface area (TPSA) is 39.1 Å². The summed E-state index contributed by atoms with van der Waals surface area (Å²) in [5.41, 5.74) is 2.21. The molecule has 4 nitrogen and oxygen atoms in total. The zero-order valence-electron chi connectivity index (χ0n) is 12.6. The lowest BCUT2D eigenvalue weighted by atomic mass is 10.2. The summed E-state index contributed by atoms with van der Waals surface area (Å²) in [6.07, 6.45) is 3.05. The predicted molar refractivity (Wildman–Crippen MR) is 82.1 cm³/mol. The predicted octanol–water partition coefficient (Wildman–Crippen LogP) is 3.77. The first-order valence-corrected chi connectivity index (χ1v) is 7.11. The van der Waals surface area contributed by atoms with Gasteiger partial charge in [0.1, 0.15) is 5.75 Å². The number of nitrogens with zero attached hydrogens (tertiary/aromatic N) is 2. The maximum absolute atomic E-state index is 5.84. The Balaban J connectivity index is 2.06. The van der Waals surface area contributed by atoms with E-state index in [9.17, 15) is 0 Å². The minimum atomic E-state index is 0.196. The number of hydrogen-bond donors (Lipinski definition) is 1. The van der Waals surface area contributed by atoms with Crippen molar-refractivity contribution in [2.24, 2.45) is 7.05 Å². The van der Waals surface area contributed by atoms with Gasteiger partial charge in [-0.25, -0.2) is 0 Å². The number of aryl methyl sites for hydroxylation is 1. The van der Waals surface area contributed by atoms with Crippen LogP contribution >= 0.6 is 0 Å². The van der Waals surface area contributed by atoms with Gasteiger partial charge in [0.25, 0.3) is 0 Å². The molecule has 0 amide bonds. The first-order chi connectivity index (χ1) is 9.60. The average molecular weight is 273 g/mol. The third kappa shape index (κ3) is 3.53. The van der Waals surface area contributed by atoms with Gasteiger partial charge in [0, 0.05) is 25.0 Å². The molecule has 0 saturated heterocycles. The van der Waals surface area contributed by atoms with E-state index in [4.69, 9.17) is 4.74 Å². The molecule has 1 aromatic carbocycles. The lowest BCUT2D eigenvalue weighted by Gasteiger charge is -2.17. The average Bonchev–Trinajstić information content (AvgIpc) is 2.85. The third-order valence-corrected chi connectivity index (χ3v) is 3.43. The number of ether oxygens (including phenoxy) is 1. The van der Waals surface area contributed by atoms with E-state index in [0.717, 1.165) is 23.6 Å². The molecular weight excluding hydrogens is 250 g/mol. The molecule has 0 aliphatic carbocycles. The number of hydrogen-bond acceptors (Lipinski definition) is 3. The summed E-state index contributed by atoms with van der Waals surface area (Å²) in [4.78, 5) is 0. The molecule has 108 valence electrons. The van der Waals surface area contributed by atoms with Crippen LogP contribution < -0.4 is 10.1 Å². The number of rotatable bonds is 6. The summed E-state index contributed by atoms with van der Waals surface area (Å²) in [7, 11) is 1.95. The van der Waals surface area contributed by atoms with Gasteiger partial charge in [-0.3, -0.25) is 4.68 Å². The molecule has 1 heterocycles. The SMILES string of the molecule is CCC(C)Oc1cccc(NC(C)c2ccnn2C)c1. The van der Waals surface area contributed by atoms with E-state index < -0.39 is 0 Å². The molecule has 0 aliphatic rings. The Bertz CT molecular complexity index is 550. The van der Waals surface area contributed by atoms with Crippen molar-refractivity contribution >= 4 is 5.69 Å². The minimum Gasteiger partial charge on any atom is -0.491 e. The normalized spacial score (nSPS) is 13.8. The fourth-order valence-corrected chi connectivity index (χ4v) is 2.11. The van der Waals surface area contributed by atoms with Crippen LogP contribution in [0.3, 0.4) is 0 Å². The fraction of sp³-hybridized carbons (Fsp3) is 0.438. The Morgan fingerprint density at radius 3 is 2.75 bits per heavy atom. The second-order valence-corrected chi connectivity index (χ2v) is 5.11. The monoisotopic (exact) mass is 273 g/mol. The van der Waals surface area contributed by atoms with E-state index in [2.05, 4.69) is 37.3 Å². The van der Waals surface area contributed by atoms with E-state index in [0.29, 0.717) is 0 Å². The molecule has 0 fully saturated rings. The molecule has 0 radical (unpaired) electrons. The quantitative estimate of drug-likeness (QED) is 0.870. The van der Waals surface area contributed by atoms with E-state index in [1.54, 1.807) is 0 Å². The Morgan fingerprint density at radius 2 is 2.10 bits per heavy atom. The van der Waals surface area contributed by atoms with Gasteiger partial charge in [0.2, 0.25) is 0 Å². The van der Waals surface area contributed by atoms with Crippen LogP contribution in [0.2, 0.25) is 0 Å². The fourth-order valence-electron chi connectivity index (χ4n) is 2.11. The molecule has 4 heteroatoms. The van der Waals surface area contributed by atoms with Gasteiger partial charge < -0.3 is 10.1 Å². The van der Waals surface area contributed by atoms with Gasteiger partial charge in [-0.05, 0) is 38.5 Å². The highest BCUT2D eigenvalue weighted by Gasteiger charge is 2.09. The van der Waals surface area contributed by atoms with Crippen LogP contribution in [0.5, 0.6) is 5.75 Å². The molecule has 2 atom stereocenters. The number of aromatic nitrogens is 2. The highest BCUT2D eigenvalue weighted by atomic mass is 16.5. The summed E-state index contributed by atoms with van der Waals surface area (Å²) < 4.78 is 7.73. The summed E-state index contributed by atoms with van der Waals surface area (Å²) in [5.74, 6) is 0.904. The van der Waals surface area contributed by atoms with Crippen molar-refractivity contribution in [1.29, 1.82) is 0 Å². The second kappa shape index (κ2) is 6.46. The van der Waals surface area contributed by atoms with E-state index in [1.807, 2.05) is 42.2 Å². The van der Waals surface area contributed by atoms with Crippen LogP contribution in [-0.2, 0) is 7.05 Å². The van der Waals surface area contributed by atoms with Gasteiger partial charge in [-0.15, -0.1) is 0 Å². The molecular formula is C16H23N3O. The molecule has 1 aromatic heterocycles. The summed E-state index contributed by atoms with van der Waals surface area (Å²) in [6, 6.07) is 10.3. The van der Waals surface area contributed by atoms with Crippen molar-refractivity contribution in [3.63, 3.8) is 0 Å². The molecule has 2 rings (SSSR count). The van der Waals surface area contributed by atoms with Crippen LogP contribution in [0.1, 0.15) is 38.9 Å². The lowest BCUT2D eigenvalue weighted by Crippen LogP contribution is -2.12. The molecule has 0 saturated carbocycles. The first-order valence-electron chi connectivity index (χ1n) is 7.11. The Morgan fingerprint density at radius 1 is 1.30 bits per heavy atom. The van der Waals surface area contributed by atoms with Gasteiger partial charge in [0.05, 0.1) is 17.8 Å². The number of nitrogens with one attached hydrogen (secondary N) is 1. The molecule has 2 aromatic rings. The van der Waals surface area contributed by atoms with Crippen molar-refractivity contribution < 1.29 is 4.74 Å². The molecule has 0 spiro atoms. The summed E-state index contributed by atoms with van der Waals surface area (Å²) in [6.45, 7) is 6.33. The van der Waals surface area contributed by atoms with Gasteiger partial charge in [-0.1, -0.05) is 13.0 Å². The Kier molecular flexibility index (Phi) is 4.66. The van der Waals surface area contributed by atoms with Gasteiger partial charge >= 0.3 is 0 Å². The summed E-state index contributed by atoms with van der Waals surface area (Å²) >= 11 is 0. The Labute approximate surface area is 120 Å². The standard InChI is InChI=1S/C16H23N3O/c1-5-12(2)20-15-8-6-7-14(11-15)18-13(3)16-9-10-17-19(16)4/h6-13,18H,5H2,1-4H3. The lowest BCUT2D eigenvalue weighted by molar-refractivity contribution is 0.217. The highest BCUT2D eigenvalue weighted by molar-refractivity contribution is 5.49. The van der Waals surface area contributed by atoms with E-state index in [-0.39, 0.29) is 12.1 Å². The van der Waals surface area contributed by atoms with Crippen LogP contribution in [0.4, 0.5) is 5.69 Å². The molecule has 1 N–H and O–H groups in total. The van der Waals surface area contributed by atoms with Crippen molar-refractivity contribution in [2.75, 3.05) is 5.32 Å². The van der Waals surface area contributed by atoms with Crippen LogP contribution in [-0.4, -0.2) is 15.9 Å².